The molecule has 0 aromatic rings. The van der Waals surface area contributed by atoms with Crippen LogP contribution in [0.25, 0.3) is 0 Å². The van der Waals surface area contributed by atoms with Crippen LogP contribution in [0.5, 0.6) is 0 Å². The van der Waals surface area contributed by atoms with E-state index in [0.29, 0.717) is 19.1 Å². The van der Waals surface area contributed by atoms with Gasteiger partial charge in [-0.1, -0.05) is 13.8 Å². The van der Waals surface area contributed by atoms with Crippen LogP contribution in [0.2, 0.25) is 0 Å². The number of rotatable bonds is 8. The molecule has 0 aliphatic rings. The van der Waals surface area contributed by atoms with Crippen LogP contribution in [0.1, 0.15) is 27.7 Å². The van der Waals surface area contributed by atoms with Crippen molar-refractivity contribution in [1.82, 2.24) is 14.9 Å². The molecule has 2 N–H and O–H groups in total. The van der Waals surface area contributed by atoms with E-state index >= 15 is 0 Å². The third kappa shape index (κ3) is 7.70. The van der Waals surface area contributed by atoms with Gasteiger partial charge in [-0.05, 0) is 27.9 Å². The van der Waals surface area contributed by atoms with Gasteiger partial charge in [0.05, 0.1) is 5.25 Å². The minimum absolute atomic E-state index is 0.0727. The van der Waals surface area contributed by atoms with Crippen molar-refractivity contribution < 1.29 is 8.42 Å². The molecule has 0 saturated carbocycles. The molecular formula is C11H27N3O2S. The van der Waals surface area contributed by atoms with Gasteiger partial charge < -0.3 is 10.2 Å². The molecule has 104 valence electrons. The molecule has 0 fully saturated rings. The van der Waals surface area contributed by atoms with Crippen LogP contribution in [0.15, 0.2) is 0 Å². The van der Waals surface area contributed by atoms with E-state index in [-0.39, 0.29) is 6.04 Å². The Morgan fingerprint density at radius 1 is 1.12 bits per heavy atom. The van der Waals surface area contributed by atoms with Crippen LogP contribution in [-0.2, 0) is 10.0 Å². The molecular weight excluding hydrogens is 238 g/mol. The van der Waals surface area contributed by atoms with Gasteiger partial charge in [-0.3, -0.25) is 0 Å². The number of hydrogen-bond acceptors (Lipinski definition) is 4. The Kier molecular flexibility index (Phi) is 7.23. The summed E-state index contributed by atoms with van der Waals surface area (Å²) in [6.45, 7) is 8.77. The molecule has 6 heteroatoms. The lowest BCUT2D eigenvalue weighted by molar-refractivity contribution is 0.369. The van der Waals surface area contributed by atoms with Gasteiger partial charge in [0, 0.05) is 25.2 Å². The first kappa shape index (κ1) is 16.8. The average molecular weight is 265 g/mol. The third-order valence-corrected chi connectivity index (χ3v) is 4.30. The molecule has 0 radical (unpaired) electrons. The lowest BCUT2D eigenvalue weighted by Crippen LogP contribution is -2.46. The van der Waals surface area contributed by atoms with Crippen molar-refractivity contribution >= 4 is 10.0 Å². The van der Waals surface area contributed by atoms with Gasteiger partial charge in [-0.2, -0.15) is 0 Å². The van der Waals surface area contributed by atoms with Crippen molar-refractivity contribution in [1.29, 1.82) is 0 Å². The predicted molar refractivity (Wildman–Crippen MR) is 72.7 cm³/mol. The molecule has 0 spiro atoms. The molecule has 17 heavy (non-hydrogen) atoms. The first-order valence-corrected chi connectivity index (χ1v) is 7.59. The van der Waals surface area contributed by atoms with Gasteiger partial charge in [0.1, 0.15) is 0 Å². The van der Waals surface area contributed by atoms with E-state index in [1.165, 1.54) is 0 Å². The summed E-state index contributed by atoms with van der Waals surface area (Å²) < 4.78 is 26.6. The van der Waals surface area contributed by atoms with Gasteiger partial charge in [0.25, 0.3) is 0 Å². The van der Waals surface area contributed by atoms with E-state index in [1.807, 2.05) is 39.8 Å². The summed E-state index contributed by atoms with van der Waals surface area (Å²) >= 11 is 0. The van der Waals surface area contributed by atoms with Crippen LogP contribution in [0.4, 0.5) is 0 Å². The Morgan fingerprint density at radius 2 is 1.65 bits per heavy atom. The monoisotopic (exact) mass is 265 g/mol. The second kappa shape index (κ2) is 7.31. The zero-order chi connectivity index (χ0) is 13.6. The van der Waals surface area contributed by atoms with Crippen molar-refractivity contribution in [2.45, 2.75) is 45.0 Å². The number of nitrogens with one attached hydrogen (secondary N) is 2. The van der Waals surface area contributed by atoms with E-state index in [1.54, 1.807) is 6.92 Å². The fraction of sp³-hybridized carbons (Fsp3) is 1.00. The number of hydrogen-bond donors (Lipinski definition) is 2. The smallest absolute Gasteiger partial charge is 0.215 e. The predicted octanol–water partition coefficient (Wildman–Crippen LogP) is 0.242. The SMILES string of the molecule is CC(C)NCC(C)S(=O)(=O)NC(C)CN(C)C. The van der Waals surface area contributed by atoms with Crippen LogP contribution >= 0.6 is 0 Å². The zero-order valence-electron chi connectivity index (χ0n) is 11.8. The quantitative estimate of drug-likeness (QED) is 0.660. The van der Waals surface area contributed by atoms with E-state index in [0.717, 1.165) is 0 Å². The summed E-state index contributed by atoms with van der Waals surface area (Å²) in [6, 6.07) is 0.225. The maximum Gasteiger partial charge on any atom is 0.215 e. The Balaban J connectivity index is 4.26. The normalized spacial score (nSPS) is 16.5. The number of likely N-dealkylation sites (N-methyl/N-ethyl adjacent to an activating group) is 1. The summed E-state index contributed by atoms with van der Waals surface area (Å²) in [7, 11) is 0.610. The lowest BCUT2D eigenvalue weighted by atomic mass is 10.3. The van der Waals surface area contributed by atoms with Gasteiger partial charge in [-0.25, -0.2) is 13.1 Å². The molecule has 0 aliphatic carbocycles. The standard InChI is InChI=1S/C11H27N3O2S/c1-9(2)12-7-11(4)17(15,16)13-10(3)8-14(5)6/h9-13H,7-8H2,1-6H3. The van der Waals surface area contributed by atoms with Crippen LogP contribution in [0.3, 0.4) is 0 Å². The van der Waals surface area contributed by atoms with E-state index in [4.69, 9.17) is 0 Å². The molecule has 0 rings (SSSR count). The fourth-order valence-electron chi connectivity index (χ4n) is 1.49. The maximum absolute atomic E-state index is 12.0. The zero-order valence-corrected chi connectivity index (χ0v) is 12.6. The highest BCUT2D eigenvalue weighted by Gasteiger charge is 2.22. The summed E-state index contributed by atoms with van der Waals surface area (Å²) in [5.74, 6) is 0. The second-order valence-corrected chi connectivity index (χ2v) is 7.33. The van der Waals surface area contributed by atoms with Crippen molar-refractivity contribution in [3.05, 3.63) is 0 Å². The fourth-order valence-corrected chi connectivity index (χ4v) is 2.68. The number of sulfonamides is 1. The summed E-state index contributed by atoms with van der Waals surface area (Å²) in [4.78, 5) is 1.96. The highest BCUT2D eigenvalue weighted by Crippen LogP contribution is 2.00. The topological polar surface area (TPSA) is 61.4 Å². The third-order valence-electron chi connectivity index (χ3n) is 2.35. The Bertz CT molecular complexity index is 302. The van der Waals surface area contributed by atoms with Crippen molar-refractivity contribution in [3.63, 3.8) is 0 Å². The molecule has 0 aromatic heterocycles. The first-order valence-electron chi connectivity index (χ1n) is 6.04. The molecule has 0 saturated heterocycles. The van der Waals surface area contributed by atoms with Gasteiger partial charge in [0.2, 0.25) is 10.0 Å². The summed E-state index contributed by atoms with van der Waals surface area (Å²) in [6.07, 6.45) is 0. The van der Waals surface area contributed by atoms with E-state index < -0.39 is 15.3 Å². The summed E-state index contributed by atoms with van der Waals surface area (Å²) in [5.41, 5.74) is 0. The highest BCUT2D eigenvalue weighted by atomic mass is 32.2. The molecule has 0 bridgehead atoms. The van der Waals surface area contributed by atoms with Gasteiger partial charge in [0.15, 0.2) is 0 Å². The van der Waals surface area contributed by atoms with Gasteiger partial charge >= 0.3 is 0 Å². The average Bonchev–Trinajstić information content (AvgIpc) is 2.11. The number of nitrogens with zero attached hydrogens (tertiary/aromatic N) is 1. The molecule has 5 nitrogen and oxygen atoms in total. The minimum atomic E-state index is -3.24. The highest BCUT2D eigenvalue weighted by molar-refractivity contribution is 7.90. The lowest BCUT2D eigenvalue weighted by Gasteiger charge is -2.21. The molecule has 2 atom stereocenters. The minimum Gasteiger partial charge on any atom is -0.313 e. The van der Waals surface area contributed by atoms with Crippen LogP contribution in [-0.4, -0.2) is 57.8 Å². The molecule has 2 unspecified atom stereocenters. The van der Waals surface area contributed by atoms with Gasteiger partial charge in [-0.15, -0.1) is 0 Å². The molecule has 0 amide bonds. The maximum atomic E-state index is 12.0. The van der Waals surface area contributed by atoms with E-state index in [9.17, 15) is 8.42 Å². The van der Waals surface area contributed by atoms with Crippen molar-refractivity contribution in [2.24, 2.45) is 0 Å². The van der Waals surface area contributed by atoms with Crippen LogP contribution < -0.4 is 10.0 Å². The largest absolute Gasteiger partial charge is 0.313 e. The molecule has 0 aromatic carbocycles. The van der Waals surface area contributed by atoms with Crippen molar-refractivity contribution in [2.75, 3.05) is 27.2 Å². The Hall–Kier alpha value is -0.170. The van der Waals surface area contributed by atoms with Crippen molar-refractivity contribution in [3.8, 4) is 0 Å². The summed E-state index contributed by atoms with van der Waals surface area (Å²) in [5, 5.41) is 2.71. The molecule has 0 aliphatic heterocycles. The first-order chi connectivity index (χ1) is 7.65. The van der Waals surface area contributed by atoms with Crippen LogP contribution in [0, 0.1) is 0 Å². The van der Waals surface area contributed by atoms with E-state index in [2.05, 4.69) is 10.0 Å². The Morgan fingerprint density at radius 3 is 2.06 bits per heavy atom. The molecule has 0 heterocycles. The second-order valence-electron chi connectivity index (χ2n) is 5.20. The Labute approximate surface area is 106 Å².